The van der Waals surface area contributed by atoms with Crippen molar-refractivity contribution in [2.24, 2.45) is 5.92 Å². The van der Waals surface area contributed by atoms with Gasteiger partial charge >= 0.3 is 5.69 Å². The van der Waals surface area contributed by atoms with Gasteiger partial charge in [-0.05, 0) is 75.1 Å². The van der Waals surface area contributed by atoms with Gasteiger partial charge in [-0.2, -0.15) is 0 Å². The molecule has 2 heterocycles. The monoisotopic (exact) mass is 449 g/mol. The average Bonchev–Trinajstić information content (AvgIpc) is 2.84. The van der Waals surface area contributed by atoms with E-state index in [2.05, 4.69) is 9.88 Å². The molecular formula is C26H28FN3O3. The van der Waals surface area contributed by atoms with E-state index < -0.39 is 0 Å². The van der Waals surface area contributed by atoms with Crippen LogP contribution in [0.3, 0.4) is 0 Å². The number of aromatic amines is 1. The van der Waals surface area contributed by atoms with Crippen LogP contribution < -0.4 is 11.2 Å². The third-order valence-electron chi connectivity index (χ3n) is 6.34. The molecule has 33 heavy (non-hydrogen) atoms. The fourth-order valence-electron chi connectivity index (χ4n) is 4.41. The van der Waals surface area contributed by atoms with Gasteiger partial charge in [0.2, 0.25) is 0 Å². The molecule has 0 saturated carbocycles. The van der Waals surface area contributed by atoms with E-state index in [1.165, 1.54) is 22.9 Å². The summed E-state index contributed by atoms with van der Waals surface area (Å²) in [6.07, 6.45) is 4.63. The van der Waals surface area contributed by atoms with Crippen LogP contribution in [0.25, 0.3) is 11.1 Å². The summed E-state index contributed by atoms with van der Waals surface area (Å²) in [7, 11) is 0. The number of nitrogens with zero attached hydrogens (tertiary/aromatic N) is 2. The van der Waals surface area contributed by atoms with E-state index in [1.807, 2.05) is 30.3 Å². The van der Waals surface area contributed by atoms with Gasteiger partial charge in [0, 0.05) is 24.2 Å². The lowest BCUT2D eigenvalue weighted by Crippen LogP contribution is -2.37. The topological polar surface area (TPSA) is 75.2 Å². The molecule has 1 fully saturated rings. The van der Waals surface area contributed by atoms with Crippen LogP contribution in [0.2, 0.25) is 0 Å². The number of carbonyl (C=O) groups excluding carboxylic acids is 1. The summed E-state index contributed by atoms with van der Waals surface area (Å²) < 4.78 is 14.4. The number of likely N-dealkylation sites (tertiary alicyclic amines) is 1. The van der Waals surface area contributed by atoms with Gasteiger partial charge in [-0.15, -0.1) is 0 Å². The van der Waals surface area contributed by atoms with Crippen LogP contribution >= 0.6 is 0 Å². The van der Waals surface area contributed by atoms with Crippen LogP contribution in [-0.2, 0) is 6.54 Å². The lowest BCUT2D eigenvalue weighted by Gasteiger charge is -2.31. The molecule has 0 aliphatic carbocycles. The number of unbranched alkanes of at least 4 members (excludes halogenated alkanes) is 1. The number of nitrogens with one attached hydrogen (secondary N) is 1. The van der Waals surface area contributed by atoms with Crippen LogP contribution in [-0.4, -0.2) is 39.9 Å². The maximum Gasteiger partial charge on any atom is 0.328 e. The Morgan fingerprint density at radius 2 is 1.61 bits per heavy atom. The number of halogens is 1. The highest BCUT2D eigenvalue weighted by molar-refractivity contribution is 5.97. The first kappa shape index (κ1) is 22.9. The Balaban J connectivity index is 1.26. The summed E-state index contributed by atoms with van der Waals surface area (Å²) >= 11 is 0. The van der Waals surface area contributed by atoms with Gasteiger partial charge in [0.05, 0.1) is 5.56 Å². The molecule has 1 aliphatic heterocycles. The van der Waals surface area contributed by atoms with Crippen LogP contribution in [0.1, 0.15) is 36.0 Å². The third-order valence-corrected chi connectivity index (χ3v) is 6.34. The average molecular weight is 450 g/mol. The second-order valence-corrected chi connectivity index (χ2v) is 8.52. The summed E-state index contributed by atoms with van der Waals surface area (Å²) in [6, 6.07) is 15.1. The van der Waals surface area contributed by atoms with Gasteiger partial charge in [-0.3, -0.25) is 14.2 Å². The molecule has 0 unspecified atom stereocenters. The zero-order chi connectivity index (χ0) is 23.2. The van der Waals surface area contributed by atoms with Crippen molar-refractivity contribution < 1.29 is 9.18 Å². The fourth-order valence-corrected chi connectivity index (χ4v) is 4.41. The van der Waals surface area contributed by atoms with Crippen molar-refractivity contribution in [1.82, 2.24) is 14.5 Å². The Morgan fingerprint density at radius 1 is 0.939 bits per heavy atom. The summed E-state index contributed by atoms with van der Waals surface area (Å²) in [5.41, 5.74) is 1.18. The smallest absolute Gasteiger partial charge is 0.313 e. The SMILES string of the molecule is O=C(c1ccc(F)cc1)C1CCN(CCCCn2c(=O)[nH]cc(-c3ccccc3)c2=O)CC1. The Labute approximate surface area is 191 Å². The van der Waals surface area contributed by atoms with Crippen molar-refractivity contribution in [2.75, 3.05) is 19.6 Å². The molecule has 4 rings (SSSR count). The summed E-state index contributed by atoms with van der Waals surface area (Å²) in [5.74, 6) is -0.270. The molecule has 3 aromatic rings. The minimum atomic E-state index is -0.389. The summed E-state index contributed by atoms with van der Waals surface area (Å²) in [5, 5.41) is 0. The quantitative estimate of drug-likeness (QED) is 0.420. The number of ketones is 1. The lowest BCUT2D eigenvalue weighted by atomic mass is 9.89. The zero-order valence-electron chi connectivity index (χ0n) is 18.5. The van der Waals surface area contributed by atoms with E-state index in [-0.39, 0.29) is 28.8 Å². The number of hydrogen-bond acceptors (Lipinski definition) is 4. The zero-order valence-corrected chi connectivity index (χ0v) is 18.5. The van der Waals surface area contributed by atoms with Crippen molar-refractivity contribution in [3.63, 3.8) is 0 Å². The van der Waals surface area contributed by atoms with Gasteiger partial charge in [0.1, 0.15) is 5.82 Å². The number of benzene rings is 2. The largest absolute Gasteiger partial charge is 0.328 e. The molecule has 172 valence electrons. The highest BCUT2D eigenvalue weighted by Gasteiger charge is 2.25. The molecule has 1 aromatic heterocycles. The molecule has 0 amide bonds. The van der Waals surface area contributed by atoms with Gasteiger partial charge in [0.15, 0.2) is 5.78 Å². The molecule has 0 spiro atoms. The highest BCUT2D eigenvalue weighted by Crippen LogP contribution is 2.22. The van der Waals surface area contributed by atoms with Gasteiger partial charge in [-0.1, -0.05) is 30.3 Å². The van der Waals surface area contributed by atoms with Crippen molar-refractivity contribution in [3.8, 4) is 11.1 Å². The molecule has 0 bridgehead atoms. The van der Waals surface area contributed by atoms with Crippen LogP contribution in [0, 0.1) is 11.7 Å². The predicted molar refractivity (Wildman–Crippen MR) is 126 cm³/mol. The molecule has 1 saturated heterocycles. The minimum absolute atomic E-state index is 0.0235. The van der Waals surface area contributed by atoms with Gasteiger partial charge < -0.3 is 9.88 Å². The third kappa shape index (κ3) is 5.54. The molecule has 6 nitrogen and oxygen atoms in total. The lowest BCUT2D eigenvalue weighted by molar-refractivity contribution is 0.0838. The standard InChI is InChI=1S/C26H28FN3O3/c27-22-10-8-20(9-11-22)24(31)21-12-16-29(17-13-21)14-4-5-15-30-25(32)23(18-28-26(30)33)19-6-2-1-3-7-19/h1-3,6-11,18,21H,4-5,12-17H2,(H,28,33). The first-order valence-corrected chi connectivity index (χ1v) is 11.4. The Kier molecular flexibility index (Phi) is 7.29. The van der Waals surface area contributed by atoms with Crippen LogP contribution in [0.4, 0.5) is 4.39 Å². The number of hydrogen-bond donors (Lipinski definition) is 1. The second kappa shape index (κ2) is 10.5. The second-order valence-electron chi connectivity index (χ2n) is 8.52. The number of Topliss-reactive ketones (excluding diaryl/α,β-unsaturated/α-hetero) is 1. The highest BCUT2D eigenvalue weighted by atomic mass is 19.1. The summed E-state index contributed by atoms with van der Waals surface area (Å²) in [6.45, 7) is 2.90. The first-order chi connectivity index (χ1) is 16.0. The van der Waals surface area contributed by atoms with Crippen LogP contribution in [0.15, 0.2) is 70.4 Å². The predicted octanol–water partition coefficient (Wildman–Crippen LogP) is 3.72. The van der Waals surface area contributed by atoms with E-state index in [0.717, 1.165) is 50.9 Å². The Bertz CT molecular complexity index is 1190. The molecule has 0 atom stereocenters. The summed E-state index contributed by atoms with van der Waals surface area (Å²) in [4.78, 5) is 42.6. The number of aromatic nitrogens is 2. The van der Waals surface area contributed by atoms with E-state index in [0.29, 0.717) is 17.7 Å². The van der Waals surface area contributed by atoms with Gasteiger partial charge in [0.25, 0.3) is 5.56 Å². The number of piperidine rings is 1. The molecule has 0 radical (unpaired) electrons. The minimum Gasteiger partial charge on any atom is -0.313 e. The van der Waals surface area contributed by atoms with Crippen molar-refractivity contribution in [2.45, 2.75) is 32.2 Å². The molecular weight excluding hydrogens is 421 g/mol. The van der Waals surface area contributed by atoms with E-state index in [9.17, 15) is 18.8 Å². The van der Waals surface area contributed by atoms with E-state index >= 15 is 0 Å². The van der Waals surface area contributed by atoms with Crippen molar-refractivity contribution >= 4 is 5.78 Å². The molecule has 7 heteroatoms. The molecule has 1 aliphatic rings. The number of H-pyrrole nitrogens is 1. The fraction of sp³-hybridized carbons (Fsp3) is 0.346. The molecule has 1 N–H and O–H groups in total. The van der Waals surface area contributed by atoms with Gasteiger partial charge in [-0.25, -0.2) is 9.18 Å². The maximum absolute atomic E-state index is 13.1. The number of carbonyl (C=O) groups is 1. The van der Waals surface area contributed by atoms with Crippen molar-refractivity contribution in [3.05, 3.63) is 93.0 Å². The maximum atomic E-state index is 13.1. The normalized spacial score (nSPS) is 14.9. The van der Waals surface area contributed by atoms with E-state index in [4.69, 9.17) is 0 Å². The first-order valence-electron chi connectivity index (χ1n) is 11.4. The Morgan fingerprint density at radius 3 is 2.30 bits per heavy atom. The van der Waals surface area contributed by atoms with Crippen LogP contribution in [0.5, 0.6) is 0 Å². The molecule has 2 aromatic carbocycles. The number of rotatable bonds is 8. The van der Waals surface area contributed by atoms with Crippen molar-refractivity contribution in [1.29, 1.82) is 0 Å². The Hall–Kier alpha value is -3.32. The van der Waals surface area contributed by atoms with E-state index in [1.54, 1.807) is 12.1 Å².